The summed E-state index contributed by atoms with van der Waals surface area (Å²) in [5.41, 5.74) is 0. The molecular weight excluding hydrogens is 248 g/mol. The molecule has 3 amide bonds. The fraction of sp³-hybridized carbons (Fsp3) is 0.385. The van der Waals surface area contributed by atoms with Crippen LogP contribution in [0.1, 0.15) is 12.8 Å². The molecule has 2 aliphatic rings. The minimum Gasteiger partial charge on any atom is -0.329 e. The van der Waals surface area contributed by atoms with Crippen molar-refractivity contribution in [1.29, 1.82) is 0 Å². The van der Waals surface area contributed by atoms with Gasteiger partial charge in [0, 0.05) is 16.2 Å². The highest BCUT2D eigenvalue weighted by Gasteiger charge is 2.48. The number of carbonyl (C=O) groups excluding carboxylic acids is 2. The van der Waals surface area contributed by atoms with Gasteiger partial charge in [0.15, 0.2) is 0 Å². The molecule has 3 rings (SSSR count). The van der Waals surface area contributed by atoms with Gasteiger partial charge in [-0.25, -0.2) is 4.79 Å². The molecule has 0 unspecified atom stereocenters. The maximum absolute atomic E-state index is 11.6. The zero-order valence-electron chi connectivity index (χ0n) is 9.89. The van der Waals surface area contributed by atoms with E-state index >= 15 is 0 Å². The number of nitrogens with zero attached hydrogens (tertiary/aromatic N) is 1. The Balaban J connectivity index is 1.69. The van der Waals surface area contributed by atoms with E-state index in [-0.39, 0.29) is 23.2 Å². The van der Waals surface area contributed by atoms with Gasteiger partial charge in [-0.3, -0.25) is 9.69 Å². The van der Waals surface area contributed by atoms with Gasteiger partial charge < -0.3 is 5.32 Å². The summed E-state index contributed by atoms with van der Waals surface area (Å²) in [6.45, 7) is 0.669. The van der Waals surface area contributed by atoms with Gasteiger partial charge in [-0.2, -0.15) is 0 Å². The molecule has 0 bridgehead atoms. The summed E-state index contributed by atoms with van der Waals surface area (Å²) < 4.78 is 0.0404. The van der Waals surface area contributed by atoms with E-state index in [0.29, 0.717) is 6.54 Å². The van der Waals surface area contributed by atoms with Crippen molar-refractivity contribution in [3.8, 4) is 0 Å². The number of carbonyl (C=O) groups is 2. The number of nitrogens with one attached hydrogen (secondary N) is 1. The van der Waals surface area contributed by atoms with Crippen molar-refractivity contribution in [3.05, 3.63) is 30.3 Å². The number of rotatable bonds is 4. The summed E-state index contributed by atoms with van der Waals surface area (Å²) in [6.07, 6.45) is 2.12. The first-order valence-electron chi connectivity index (χ1n) is 6.01. The maximum atomic E-state index is 11.6. The van der Waals surface area contributed by atoms with Gasteiger partial charge in [-0.15, -0.1) is 11.8 Å². The van der Waals surface area contributed by atoms with E-state index in [0.717, 1.165) is 12.8 Å². The van der Waals surface area contributed by atoms with E-state index < -0.39 is 0 Å². The summed E-state index contributed by atoms with van der Waals surface area (Å²) in [5, 5.41) is 2.56. The topological polar surface area (TPSA) is 49.4 Å². The smallest absolute Gasteiger partial charge is 0.324 e. The average molecular weight is 262 g/mol. The van der Waals surface area contributed by atoms with Crippen molar-refractivity contribution in [2.75, 3.05) is 13.1 Å². The third-order valence-corrected chi connectivity index (χ3v) is 4.75. The molecule has 1 heterocycles. The second-order valence-corrected chi connectivity index (χ2v) is 6.28. The van der Waals surface area contributed by atoms with Crippen LogP contribution in [0.2, 0.25) is 0 Å². The highest BCUT2D eigenvalue weighted by Crippen LogP contribution is 2.52. The minimum atomic E-state index is -0.250. The first kappa shape index (κ1) is 11.6. The first-order valence-corrected chi connectivity index (χ1v) is 6.82. The molecule has 5 heteroatoms. The van der Waals surface area contributed by atoms with Gasteiger partial charge in [0.1, 0.15) is 0 Å². The first-order chi connectivity index (χ1) is 8.69. The lowest BCUT2D eigenvalue weighted by Crippen LogP contribution is -2.37. The van der Waals surface area contributed by atoms with Crippen molar-refractivity contribution < 1.29 is 9.59 Å². The van der Waals surface area contributed by atoms with Gasteiger partial charge in [-0.05, 0) is 25.0 Å². The maximum Gasteiger partial charge on any atom is 0.324 e. The fourth-order valence-electron chi connectivity index (χ4n) is 2.07. The molecule has 1 aromatic carbocycles. The number of hydrogen-bond donors (Lipinski definition) is 1. The molecule has 4 nitrogen and oxygen atoms in total. The molecule has 1 saturated carbocycles. The van der Waals surface area contributed by atoms with Crippen LogP contribution in [0.4, 0.5) is 4.79 Å². The fourth-order valence-corrected chi connectivity index (χ4v) is 3.37. The van der Waals surface area contributed by atoms with Crippen LogP contribution in [-0.2, 0) is 4.79 Å². The monoisotopic (exact) mass is 262 g/mol. The molecule has 18 heavy (non-hydrogen) atoms. The second-order valence-electron chi connectivity index (χ2n) is 4.74. The summed E-state index contributed by atoms with van der Waals surface area (Å²) in [6, 6.07) is 9.88. The van der Waals surface area contributed by atoms with Crippen LogP contribution in [0.25, 0.3) is 0 Å². The zero-order valence-corrected chi connectivity index (χ0v) is 10.7. The molecule has 1 saturated heterocycles. The van der Waals surface area contributed by atoms with E-state index in [2.05, 4.69) is 17.4 Å². The molecular formula is C13H14N2O2S. The largest absolute Gasteiger partial charge is 0.329 e. The molecule has 1 aliphatic carbocycles. The molecule has 94 valence electrons. The van der Waals surface area contributed by atoms with Crippen LogP contribution in [0.15, 0.2) is 35.2 Å². The van der Waals surface area contributed by atoms with E-state index in [9.17, 15) is 9.59 Å². The van der Waals surface area contributed by atoms with Crippen molar-refractivity contribution >= 4 is 23.7 Å². The lowest BCUT2D eigenvalue weighted by molar-refractivity contribution is -0.125. The Morgan fingerprint density at radius 2 is 1.94 bits per heavy atom. The summed E-state index contributed by atoms with van der Waals surface area (Å²) in [7, 11) is 0. The number of urea groups is 1. The molecule has 0 atom stereocenters. The van der Waals surface area contributed by atoms with Gasteiger partial charge in [-0.1, -0.05) is 18.2 Å². The van der Waals surface area contributed by atoms with Crippen LogP contribution in [0, 0.1) is 0 Å². The molecule has 0 radical (unpaired) electrons. The second kappa shape index (κ2) is 4.31. The zero-order chi connectivity index (χ0) is 12.6. The van der Waals surface area contributed by atoms with E-state index in [4.69, 9.17) is 0 Å². The minimum absolute atomic E-state index is 0.0404. The number of imide groups is 1. The van der Waals surface area contributed by atoms with Gasteiger partial charge in [0.2, 0.25) is 5.91 Å². The summed E-state index contributed by atoms with van der Waals surface area (Å²) >= 11 is 1.77. The molecule has 0 aromatic heterocycles. The Bertz CT molecular complexity index is 469. The highest BCUT2D eigenvalue weighted by molar-refractivity contribution is 8.01. The molecule has 1 N–H and O–H groups in total. The van der Waals surface area contributed by atoms with Crippen LogP contribution < -0.4 is 5.32 Å². The van der Waals surface area contributed by atoms with Crippen LogP contribution in [-0.4, -0.2) is 34.7 Å². The van der Waals surface area contributed by atoms with Gasteiger partial charge >= 0.3 is 6.03 Å². The lowest BCUT2D eigenvalue weighted by atomic mass is 10.3. The highest BCUT2D eigenvalue weighted by atomic mass is 32.2. The van der Waals surface area contributed by atoms with E-state index in [1.165, 1.54) is 9.80 Å². The van der Waals surface area contributed by atoms with Gasteiger partial charge in [0.05, 0.1) is 6.54 Å². The van der Waals surface area contributed by atoms with Crippen LogP contribution in [0.5, 0.6) is 0 Å². The molecule has 1 aliphatic heterocycles. The van der Waals surface area contributed by atoms with E-state index in [1.54, 1.807) is 11.8 Å². The third-order valence-electron chi connectivity index (χ3n) is 3.27. The average Bonchev–Trinajstić information content (AvgIpc) is 3.06. The molecule has 0 spiro atoms. The summed E-state index contributed by atoms with van der Waals surface area (Å²) in [4.78, 5) is 25.6. The van der Waals surface area contributed by atoms with Crippen molar-refractivity contribution in [3.63, 3.8) is 0 Å². The van der Waals surface area contributed by atoms with E-state index in [1.807, 2.05) is 18.2 Å². The van der Waals surface area contributed by atoms with Crippen molar-refractivity contribution in [2.45, 2.75) is 22.5 Å². The Morgan fingerprint density at radius 1 is 1.22 bits per heavy atom. The summed E-state index contributed by atoms with van der Waals surface area (Å²) in [5.74, 6) is -0.111. The van der Waals surface area contributed by atoms with Crippen LogP contribution >= 0.6 is 11.8 Å². The molecule has 1 aromatic rings. The number of benzene rings is 1. The molecule has 2 fully saturated rings. The standard InChI is InChI=1S/C13H14N2O2S/c16-11-8-14-12(17)15(11)9-13(6-7-13)18-10-4-2-1-3-5-10/h1-5H,6-9H2,(H,14,17). The normalized spacial score (nSPS) is 21.0. The Kier molecular flexibility index (Phi) is 2.78. The number of thioether (sulfide) groups is 1. The Hall–Kier alpha value is -1.49. The van der Waals surface area contributed by atoms with Gasteiger partial charge in [0.25, 0.3) is 0 Å². The number of amides is 3. The Labute approximate surface area is 110 Å². The predicted octanol–water partition coefficient (Wildman–Crippen LogP) is 1.86. The van der Waals surface area contributed by atoms with Crippen molar-refractivity contribution in [1.82, 2.24) is 10.2 Å². The Morgan fingerprint density at radius 3 is 2.50 bits per heavy atom. The predicted molar refractivity (Wildman–Crippen MR) is 69.4 cm³/mol. The van der Waals surface area contributed by atoms with Crippen molar-refractivity contribution in [2.24, 2.45) is 0 Å². The number of hydrogen-bond acceptors (Lipinski definition) is 3. The lowest BCUT2D eigenvalue weighted by Gasteiger charge is -2.20. The quantitative estimate of drug-likeness (QED) is 0.843. The third kappa shape index (κ3) is 2.22. The van der Waals surface area contributed by atoms with Crippen LogP contribution in [0.3, 0.4) is 0 Å². The SMILES string of the molecule is O=C1CNC(=O)N1CC1(Sc2ccccc2)CC1.